The summed E-state index contributed by atoms with van der Waals surface area (Å²) in [7, 11) is 0. The number of hydrogen-bond acceptors (Lipinski definition) is 3. The van der Waals surface area contributed by atoms with Gasteiger partial charge in [0, 0.05) is 23.1 Å². The molecule has 2 fully saturated rings. The highest BCUT2D eigenvalue weighted by Gasteiger charge is 2.72. The summed E-state index contributed by atoms with van der Waals surface area (Å²) in [6.45, 7) is 7.60. The van der Waals surface area contributed by atoms with Crippen molar-refractivity contribution in [2.75, 3.05) is 5.32 Å². The lowest BCUT2D eigenvalue weighted by Gasteiger charge is -2.38. The molecule has 0 heterocycles. The Morgan fingerprint density at radius 3 is 2.09 bits per heavy atom. The third-order valence-electron chi connectivity index (χ3n) is 6.69. The molecule has 4 nitrogen and oxygen atoms in total. The fraction of sp³-hybridized carbons (Fsp3) is 0.526. The van der Waals surface area contributed by atoms with E-state index in [2.05, 4.69) is 5.32 Å². The molecule has 2 aliphatic rings. The first kappa shape index (κ1) is 15.9. The molecule has 2 atom stereocenters. The van der Waals surface area contributed by atoms with E-state index in [1.165, 1.54) is 6.92 Å². The molecular weight excluding hydrogens is 290 g/mol. The second-order valence-electron chi connectivity index (χ2n) is 7.73. The summed E-state index contributed by atoms with van der Waals surface area (Å²) < 4.78 is 0. The third-order valence-corrected chi connectivity index (χ3v) is 6.69. The van der Waals surface area contributed by atoms with E-state index in [1.54, 1.807) is 24.3 Å². The average molecular weight is 313 g/mol. The first-order chi connectivity index (χ1) is 10.6. The summed E-state index contributed by atoms with van der Waals surface area (Å²) in [5, 5.41) is 2.96. The largest absolute Gasteiger partial charge is 0.326 e. The van der Waals surface area contributed by atoms with E-state index in [0.29, 0.717) is 17.7 Å². The van der Waals surface area contributed by atoms with Gasteiger partial charge in [-0.25, -0.2) is 0 Å². The Labute approximate surface area is 136 Å². The van der Waals surface area contributed by atoms with Crippen LogP contribution in [0.15, 0.2) is 24.3 Å². The number of rotatable bonds is 3. The second-order valence-corrected chi connectivity index (χ2v) is 7.73. The van der Waals surface area contributed by atoms with Gasteiger partial charge in [-0.05, 0) is 49.4 Å². The van der Waals surface area contributed by atoms with Crippen LogP contribution >= 0.6 is 0 Å². The number of fused-ring (bicyclic) bond motifs is 2. The van der Waals surface area contributed by atoms with Crippen molar-refractivity contribution in [2.24, 2.45) is 16.2 Å². The van der Waals surface area contributed by atoms with Crippen LogP contribution in [-0.2, 0) is 9.59 Å². The molecule has 1 aromatic rings. The topological polar surface area (TPSA) is 63.2 Å². The smallest absolute Gasteiger partial charge is 0.231 e. The quantitative estimate of drug-likeness (QED) is 0.867. The Morgan fingerprint density at radius 2 is 1.65 bits per heavy atom. The first-order valence-corrected chi connectivity index (χ1v) is 8.10. The average Bonchev–Trinajstić information content (AvgIpc) is 2.78. The predicted octanol–water partition coefficient (Wildman–Crippen LogP) is 3.61. The summed E-state index contributed by atoms with van der Waals surface area (Å²) in [6.07, 6.45) is 1.85. The van der Waals surface area contributed by atoms with Crippen LogP contribution in [0.4, 0.5) is 5.69 Å². The van der Waals surface area contributed by atoms with E-state index in [0.717, 1.165) is 12.8 Å². The van der Waals surface area contributed by atoms with Crippen LogP contribution in [0.5, 0.6) is 0 Å². The second kappa shape index (κ2) is 4.76. The van der Waals surface area contributed by atoms with Crippen molar-refractivity contribution in [2.45, 2.75) is 47.0 Å². The van der Waals surface area contributed by atoms with Gasteiger partial charge in [-0.15, -0.1) is 0 Å². The van der Waals surface area contributed by atoms with E-state index in [4.69, 9.17) is 0 Å². The van der Waals surface area contributed by atoms with Crippen molar-refractivity contribution in [3.05, 3.63) is 29.8 Å². The van der Waals surface area contributed by atoms with E-state index < -0.39 is 10.8 Å². The standard InChI is InChI=1S/C19H23NO3/c1-12(21)13-5-7-14(8-6-13)20-16(23)19-10-9-18(4,15(22)11-19)17(19,2)3/h5-8H,9-11H2,1-4H3,(H,20,23)/t18-,19+/m0/s1. The number of nitrogens with one attached hydrogen (secondary N) is 1. The van der Waals surface area contributed by atoms with Crippen molar-refractivity contribution in [1.82, 2.24) is 0 Å². The Hall–Kier alpha value is -1.97. The molecule has 0 saturated heterocycles. The molecule has 4 heteroatoms. The van der Waals surface area contributed by atoms with Gasteiger partial charge < -0.3 is 5.32 Å². The van der Waals surface area contributed by atoms with Crippen LogP contribution in [0.1, 0.15) is 57.3 Å². The van der Waals surface area contributed by atoms with E-state index in [-0.39, 0.29) is 22.9 Å². The highest BCUT2D eigenvalue weighted by Crippen LogP contribution is 2.70. The van der Waals surface area contributed by atoms with Gasteiger partial charge in [0.15, 0.2) is 5.78 Å². The molecule has 0 radical (unpaired) electrons. The molecule has 1 aromatic carbocycles. The molecule has 1 N–H and O–H groups in total. The summed E-state index contributed by atoms with van der Waals surface area (Å²) in [4.78, 5) is 36.7. The van der Waals surface area contributed by atoms with Crippen molar-refractivity contribution in [3.63, 3.8) is 0 Å². The van der Waals surface area contributed by atoms with Crippen molar-refractivity contribution in [1.29, 1.82) is 0 Å². The molecule has 122 valence electrons. The molecule has 2 bridgehead atoms. The first-order valence-electron chi connectivity index (χ1n) is 8.10. The summed E-state index contributed by atoms with van der Waals surface area (Å²) in [5.74, 6) is 0.124. The third kappa shape index (κ3) is 1.93. The molecule has 2 aliphatic carbocycles. The maximum Gasteiger partial charge on any atom is 0.231 e. The van der Waals surface area contributed by atoms with E-state index in [1.807, 2.05) is 20.8 Å². The predicted molar refractivity (Wildman–Crippen MR) is 88.3 cm³/mol. The van der Waals surface area contributed by atoms with Crippen LogP contribution in [0.3, 0.4) is 0 Å². The Kier molecular flexibility index (Phi) is 3.29. The summed E-state index contributed by atoms with van der Waals surface area (Å²) in [6, 6.07) is 6.89. The minimum Gasteiger partial charge on any atom is -0.326 e. The molecule has 23 heavy (non-hydrogen) atoms. The van der Waals surface area contributed by atoms with Crippen LogP contribution in [0, 0.1) is 16.2 Å². The van der Waals surface area contributed by atoms with Gasteiger partial charge >= 0.3 is 0 Å². The zero-order chi connectivity index (χ0) is 17.0. The fourth-order valence-corrected chi connectivity index (χ4v) is 4.40. The molecular formula is C19H23NO3. The van der Waals surface area contributed by atoms with Crippen LogP contribution in [0.2, 0.25) is 0 Å². The van der Waals surface area contributed by atoms with Crippen molar-refractivity contribution < 1.29 is 14.4 Å². The lowest BCUT2D eigenvalue weighted by atomic mass is 9.64. The minimum absolute atomic E-state index is 0.00412. The number of Topliss-reactive ketones (excluding diaryl/α,β-unsaturated/α-hetero) is 2. The summed E-state index contributed by atoms with van der Waals surface area (Å²) in [5.41, 5.74) is -0.0920. The zero-order valence-electron chi connectivity index (χ0n) is 14.2. The number of hydrogen-bond donors (Lipinski definition) is 1. The van der Waals surface area contributed by atoms with Crippen LogP contribution in [-0.4, -0.2) is 17.5 Å². The minimum atomic E-state index is -0.627. The maximum atomic E-state index is 13.0. The van der Waals surface area contributed by atoms with Crippen molar-refractivity contribution >= 4 is 23.2 Å². The molecule has 2 saturated carbocycles. The number of carbonyl (C=O) groups is 3. The molecule has 3 rings (SSSR count). The van der Waals surface area contributed by atoms with Gasteiger partial charge in [-0.1, -0.05) is 20.8 Å². The SMILES string of the molecule is CC(=O)c1ccc(NC(=O)[C@@]23CC[C@@](C)(C(=O)C2)C3(C)C)cc1. The molecule has 0 aromatic heterocycles. The lowest BCUT2D eigenvalue weighted by molar-refractivity contribution is -0.131. The Morgan fingerprint density at radius 1 is 1.04 bits per heavy atom. The highest BCUT2D eigenvalue weighted by molar-refractivity contribution is 6.04. The van der Waals surface area contributed by atoms with Gasteiger partial charge in [0.2, 0.25) is 5.91 Å². The van der Waals surface area contributed by atoms with Gasteiger partial charge in [-0.3, -0.25) is 14.4 Å². The molecule has 1 amide bonds. The number of benzene rings is 1. The Bertz CT molecular complexity index is 704. The van der Waals surface area contributed by atoms with E-state index in [9.17, 15) is 14.4 Å². The Balaban J connectivity index is 1.86. The van der Waals surface area contributed by atoms with Crippen molar-refractivity contribution in [3.8, 4) is 0 Å². The number of ketones is 2. The molecule has 0 unspecified atom stereocenters. The molecule has 0 spiro atoms. The normalized spacial score (nSPS) is 31.2. The van der Waals surface area contributed by atoms with Gasteiger partial charge in [0.25, 0.3) is 0 Å². The number of amides is 1. The zero-order valence-corrected chi connectivity index (χ0v) is 14.2. The maximum absolute atomic E-state index is 13.0. The lowest BCUT2D eigenvalue weighted by Crippen LogP contribution is -2.43. The highest BCUT2D eigenvalue weighted by atomic mass is 16.2. The molecule has 0 aliphatic heterocycles. The monoisotopic (exact) mass is 313 g/mol. The van der Waals surface area contributed by atoms with Gasteiger partial charge in [-0.2, -0.15) is 0 Å². The number of carbonyl (C=O) groups excluding carboxylic acids is 3. The summed E-state index contributed by atoms with van der Waals surface area (Å²) >= 11 is 0. The van der Waals surface area contributed by atoms with E-state index >= 15 is 0 Å². The van der Waals surface area contributed by atoms with Crippen LogP contribution in [0.25, 0.3) is 0 Å². The fourth-order valence-electron chi connectivity index (χ4n) is 4.40. The van der Waals surface area contributed by atoms with Gasteiger partial charge in [0.05, 0.1) is 5.41 Å². The number of anilines is 1. The van der Waals surface area contributed by atoms with Gasteiger partial charge in [0.1, 0.15) is 5.78 Å². The van der Waals surface area contributed by atoms with Crippen LogP contribution < -0.4 is 5.32 Å².